The smallest absolute Gasteiger partial charge is 0.343 e. The Kier molecular flexibility index (Phi) is 6.43. The number of carbonyl (C=O) groups excluding carboxylic acids is 1. The predicted molar refractivity (Wildman–Crippen MR) is 123 cm³/mol. The van der Waals surface area contributed by atoms with E-state index in [0.717, 1.165) is 43.7 Å². The number of carbonyl (C=O) groups is 1. The monoisotopic (exact) mass is 455 g/mol. The van der Waals surface area contributed by atoms with Gasteiger partial charge in [0.15, 0.2) is 0 Å². The second-order valence-electron chi connectivity index (χ2n) is 8.95. The summed E-state index contributed by atoms with van der Waals surface area (Å²) < 4.78 is 40.6. The molecule has 1 saturated carbocycles. The Morgan fingerprint density at radius 3 is 2.27 bits per heavy atom. The maximum absolute atomic E-state index is 13.6. The molecule has 1 aliphatic rings. The molecule has 7 heteroatoms. The molecule has 1 N–H and O–H groups in total. The van der Waals surface area contributed by atoms with Crippen LogP contribution in [0.5, 0.6) is 0 Å². The van der Waals surface area contributed by atoms with Crippen LogP contribution in [0.1, 0.15) is 59.8 Å². The van der Waals surface area contributed by atoms with Gasteiger partial charge >= 0.3 is 6.18 Å². The van der Waals surface area contributed by atoms with Crippen molar-refractivity contribution in [2.24, 2.45) is 0 Å². The van der Waals surface area contributed by atoms with Crippen LogP contribution in [0.3, 0.4) is 0 Å². The lowest BCUT2D eigenvalue weighted by molar-refractivity contribution is -0.140. The largest absolute Gasteiger partial charge is 0.433 e. The average Bonchev–Trinajstić information content (AvgIpc) is 2.82. The van der Waals surface area contributed by atoms with Gasteiger partial charge in [0.05, 0.1) is 17.1 Å². The SMILES string of the molecule is CN(C)C1(C(NC(=O)c2cc(C(F)(F)F)nc3ccccc23)c2ccccc2)CCCCC1. The number of nitrogens with zero attached hydrogens (tertiary/aromatic N) is 2. The molecule has 0 spiro atoms. The fourth-order valence-electron chi connectivity index (χ4n) is 5.05. The molecule has 4 nitrogen and oxygen atoms in total. The number of benzene rings is 2. The van der Waals surface area contributed by atoms with Gasteiger partial charge in [-0.3, -0.25) is 4.79 Å². The Balaban J connectivity index is 1.81. The topological polar surface area (TPSA) is 45.2 Å². The van der Waals surface area contributed by atoms with Gasteiger partial charge in [0.25, 0.3) is 5.91 Å². The normalized spacial score (nSPS) is 17.2. The van der Waals surface area contributed by atoms with Crippen molar-refractivity contribution in [3.05, 3.63) is 77.5 Å². The first-order valence-electron chi connectivity index (χ1n) is 11.2. The molecule has 0 aliphatic heterocycles. The van der Waals surface area contributed by atoms with Crippen LogP contribution in [0.25, 0.3) is 10.9 Å². The van der Waals surface area contributed by atoms with Gasteiger partial charge in [0.1, 0.15) is 5.69 Å². The molecule has 1 amide bonds. The number of hydrogen-bond acceptors (Lipinski definition) is 3. The van der Waals surface area contributed by atoms with Crippen molar-refractivity contribution in [1.29, 1.82) is 0 Å². The van der Waals surface area contributed by atoms with Gasteiger partial charge in [0, 0.05) is 10.9 Å². The maximum atomic E-state index is 13.6. The van der Waals surface area contributed by atoms with E-state index in [4.69, 9.17) is 0 Å². The van der Waals surface area contributed by atoms with Crippen LogP contribution in [0.15, 0.2) is 60.7 Å². The number of fused-ring (bicyclic) bond motifs is 1. The Hall–Kier alpha value is -2.93. The van der Waals surface area contributed by atoms with Crippen LogP contribution < -0.4 is 5.32 Å². The fraction of sp³-hybridized carbons (Fsp3) is 0.385. The van der Waals surface area contributed by atoms with Crippen molar-refractivity contribution in [3.63, 3.8) is 0 Å². The lowest BCUT2D eigenvalue weighted by Crippen LogP contribution is -2.55. The minimum absolute atomic E-state index is 0.0152. The van der Waals surface area contributed by atoms with Crippen molar-refractivity contribution in [3.8, 4) is 0 Å². The van der Waals surface area contributed by atoms with Gasteiger partial charge in [-0.1, -0.05) is 67.8 Å². The third-order valence-electron chi connectivity index (χ3n) is 6.81. The second-order valence-corrected chi connectivity index (χ2v) is 8.95. The Bertz CT molecular complexity index is 1120. The molecule has 4 rings (SSSR count). The number of hydrogen-bond donors (Lipinski definition) is 1. The number of amides is 1. The molecule has 0 radical (unpaired) electrons. The van der Waals surface area contributed by atoms with Crippen LogP contribution in [-0.2, 0) is 6.18 Å². The van der Waals surface area contributed by atoms with Crippen molar-refractivity contribution < 1.29 is 18.0 Å². The van der Waals surface area contributed by atoms with Crippen molar-refractivity contribution in [2.75, 3.05) is 14.1 Å². The summed E-state index contributed by atoms with van der Waals surface area (Å²) in [6, 6.07) is 16.6. The van der Waals surface area contributed by atoms with E-state index < -0.39 is 17.8 Å². The van der Waals surface area contributed by atoms with E-state index in [1.54, 1.807) is 18.2 Å². The first-order chi connectivity index (χ1) is 15.7. The molecular weight excluding hydrogens is 427 g/mol. The minimum Gasteiger partial charge on any atom is -0.343 e. The number of aromatic nitrogens is 1. The molecule has 174 valence electrons. The predicted octanol–water partition coefficient (Wildman–Crippen LogP) is 5.99. The Morgan fingerprint density at radius 2 is 1.64 bits per heavy atom. The summed E-state index contributed by atoms with van der Waals surface area (Å²) >= 11 is 0. The van der Waals surface area contributed by atoms with Gasteiger partial charge in [-0.05, 0) is 44.6 Å². The van der Waals surface area contributed by atoms with E-state index >= 15 is 0 Å². The van der Waals surface area contributed by atoms with E-state index in [1.165, 1.54) is 6.07 Å². The summed E-state index contributed by atoms with van der Waals surface area (Å²) in [6.45, 7) is 0. The summed E-state index contributed by atoms with van der Waals surface area (Å²) in [5.74, 6) is -0.528. The third-order valence-corrected chi connectivity index (χ3v) is 6.81. The zero-order valence-corrected chi connectivity index (χ0v) is 18.8. The highest BCUT2D eigenvalue weighted by Crippen LogP contribution is 2.42. The molecule has 1 heterocycles. The third kappa shape index (κ3) is 4.60. The number of rotatable bonds is 5. The highest BCUT2D eigenvalue weighted by molar-refractivity contribution is 6.06. The molecule has 2 aromatic carbocycles. The van der Waals surface area contributed by atoms with Crippen LogP contribution in [0.2, 0.25) is 0 Å². The number of alkyl halides is 3. The minimum atomic E-state index is -4.65. The number of para-hydroxylation sites is 1. The summed E-state index contributed by atoms with van der Waals surface area (Å²) in [5, 5.41) is 3.54. The molecule has 1 aliphatic carbocycles. The summed E-state index contributed by atoms with van der Waals surface area (Å²) in [6.07, 6.45) is 0.345. The van der Waals surface area contributed by atoms with E-state index in [9.17, 15) is 18.0 Å². The maximum Gasteiger partial charge on any atom is 0.433 e. The zero-order valence-electron chi connectivity index (χ0n) is 18.8. The standard InChI is InChI=1S/C26H28F3N3O/c1-32(2)25(15-9-4-10-16-25)23(18-11-5-3-6-12-18)31-24(33)20-17-22(26(27,28)29)30-21-14-8-7-13-19(20)21/h3,5-8,11-14,17,23H,4,9-10,15-16H2,1-2H3,(H,31,33). The van der Waals surface area contributed by atoms with E-state index in [-0.39, 0.29) is 22.7 Å². The molecule has 0 saturated heterocycles. The Morgan fingerprint density at radius 1 is 1.00 bits per heavy atom. The molecule has 3 aromatic rings. The summed E-state index contributed by atoms with van der Waals surface area (Å²) in [7, 11) is 4.02. The number of likely N-dealkylation sites (N-methyl/N-ethyl adjacent to an activating group) is 1. The lowest BCUT2D eigenvalue weighted by Gasteiger charge is -2.49. The number of halogens is 3. The zero-order chi connectivity index (χ0) is 23.6. The molecule has 33 heavy (non-hydrogen) atoms. The molecule has 1 unspecified atom stereocenters. The molecule has 1 fully saturated rings. The summed E-state index contributed by atoms with van der Waals surface area (Å²) in [5.41, 5.74) is -0.323. The van der Waals surface area contributed by atoms with E-state index in [0.29, 0.717) is 5.39 Å². The van der Waals surface area contributed by atoms with Crippen LogP contribution in [-0.4, -0.2) is 35.4 Å². The average molecular weight is 456 g/mol. The quantitative estimate of drug-likeness (QED) is 0.514. The van der Waals surface area contributed by atoms with Gasteiger partial charge in [-0.15, -0.1) is 0 Å². The van der Waals surface area contributed by atoms with Gasteiger partial charge in [0.2, 0.25) is 0 Å². The van der Waals surface area contributed by atoms with Gasteiger partial charge in [-0.2, -0.15) is 13.2 Å². The van der Waals surface area contributed by atoms with Crippen LogP contribution in [0.4, 0.5) is 13.2 Å². The molecular formula is C26H28F3N3O. The fourth-order valence-corrected chi connectivity index (χ4v) is 5.05. The van der Waals surface area contributed by atoms with E-state index in [1.807, 2.05) is 44.4 Å². The first kappa shape index (κ1) is 23.2. The van der Waals surface area contributed by atoms with Crippen LogP contribution >= 0.6 is 0 Å². The second kappa shape index (κ2) is 9.14. The highest BCUT2D eigenvalue weighted by atomic mass is 19.4. The first-order valence-corrected chi connectivity index (χ1v) is 11.2. The number of pyridine rings is 1. The molecule has 0 bridgehead atoms. The number of nitrogens with one attached hydrogen (secondary N) is 1. The van der Waals surface area contributed by atoms with Crippen molar-refractivity contribution in [2.45, 2.75) is 49.9 Å². The van der Waals surface area contributed by atoms with Gasteiger partial charge in [-0.25, -0.2) is 4.98 Å². The van der Waals surface area contributed by atoms with Crippen molar-refractivity contribution >= 4 is 16.8 Å². The summed E-state index contributed by atoms with van der Waals surface area (Å²) in [4.78, 5) is 19.5. The molecule has 1 atom stereocenters. The Labute approximate surface area is 191 Å². The highest BCUT2D eigenvalue weighted by Gasteiger charge is 2.43. The van der Waals surface area contributed by atoms with E-state index in [2.05, 4.69) is 15.2 Å². The lowest BCUT2D eigenvalue weighted by atomic mass is 9.73. The molecule has 1 aromatic heterocycles. The van der Waals surface area contributed by atoms with Crippen LogP contribution in [0, 0.1) is 0 Å². The van der Waals surface area contributed by atoms with Gasteiger partial charge < -0.3 is 10.2 Å². The van der Waals surface area contributed by atoms with Crippen molar-refractivity contribution in [1.82, 2.24) is 15.2 Å².